The summed E-state index contributed by atoms with van der Waals surface area (Å²) in [6, 6.07) is 16.3. The van der Waals surface area contributed by atoms with Gasteiger partial charge >= 0.3 is 0 Å². The first kappa shape index (κ1) is 17.2. The van der Waals surface area contributed by atoms with Gasteiger partial charge in [-0.2, -0.15) is 10.2 Å². The Labute approximate surface area is 167 Å². The summed E-state index contributed by atoms with van der Waals surface area (Å²) >= 11 is 0. The smallest absolute Gasteiger partial charge is 0.159 e. The number of benzene rings is 2. The van der Waals surface area contributed by atoms with Crippen LogP contribution in [0, 0.1) is 0 Å². The lowest BCUT2D eigenvalue weighted by Gasteiger charge is -2.12. The van der Waals surface area contributed by atoms with Crippen LogP contribution in [0.25, 0.3) is 21.8 Å². The van der Waals surface area contributed by atoms with E-state index in [2.05, 4.69) is 39.7 Å². The Kier molecular flexibility index (Phi) is 4.13. The van der Waals surface area contributed by atoms with E-state index in [0.29, 0.717) is 5.82 Å². The first-order chi connectivity index (χ1) is 14.2. The van der Waals surface area contributed by atoms with Crippen molar-refractivity contribution in [3.63, 3.8) is 0 Å². The number of nitrogens with zero attached hydrogens (tertiary/aromatic N) is 4. The van der Waals surface area contributed by atoms with E-state index in [-0.39, 0.29) is 6.04 Å². The molecule has 3 aromatic heterocycles. The Bertz CT molecular complexity index is 1290. The van der Waals surface area contributed by atoms with Crippen molar-refractivity contribution in [2.75, 3.05) is 12.4 Å². The van der Waals surface area contributed by atoms with Gasteiger partial charge in [-0.05, 0) is 30.7 Å². The highest BCUT2D eigenvalue weighted by Gasteiger charge is 2.14. The number of methoxy groups -OCH3 is 1. The van der Waals surface area contributed by atoms with Crippen LogP contribution in [0.4, 0.5) is 11.5 Å². The molecular formula is C22H20N6O. The summed E-state index contributed by atoms with van der Waals surface area (Å²) in [5, 5.41) is 17.2. The number of anilines is 2. The van der Waals surface area contributed by atoms with Gasteiger partial charge in [0, 0.05) is 23.2 Å². The SMILES string of the molecule is COc1ccc2nc(Nc3cnn(C(C)c4ccccc4)c3)c3n[nH]cc3c2c1. The van der Waals surface area contributed by atoms with E-state index in [9.17, 15) is 0 Å². The fourth-order valence-corrected chi connectivity index (χ4v) is 3.53. The second-order valence-electron chi connectivity index (χ2n) is 6.91. The van der Waals surface area contributed by atoms with E-state index >= 15 is 0 Å². The first-order valence-corrected chi connectivity index (χ1v) is 9.40. The topological polar surface area (TPSA) is 80.7 Å². The summed E-state index contributed by atoms with van der Waals surface area (Å²) in [7, 11) is 1.66. The zero-order valence-corrected chi connectivity index (χ0v) is 16.1. The molecule has 7 heteroatoms. The van der Waals surface area contributed by atoms with Crippen LogP contribution in [0.15, 0.2) is 67.1 Å². The third-order valence-electron chi connectivity index (χ3n) is 5.13. The van der Waals surface area contributed by atoms with Crippen molar-refractivity contribution in [2.24, 2.45) is 0 Å². The van der Waals surface area contributed by atoms with Gasteiger partial charge in [0.1, 0.15) is 11.3 Å². The van der Waals surface area contributed by atoms with Crippen molar-refractivity contribution < 1.29 is 4.74 Å². The number of H-pyrrole nitrogens is 1. The average Bonchev–Trinajstić information content (AvgIpc) is 3.44. The third kappa shape index (κ3) is 3.06. The van der Waals surface area contributed by atoms with Crippen LogP contribution in [0.1, 0.15) is 18.5 Å². The van der Waals surface area contributed by atoms with Gasteiger partial charge in [-0.15, -0.1) is 0 Å². The molecule has 0 fully saturated rings. The molecule has 0 aliphatic carbocycles. The number of hydrogen-bond donors (Lipinski definition) is 2. The van der Waals surface area contributed by atoms with Crippen LogP contribution in [-0.2, 0) is 0 Å². The number of rotatable bonds is 5. The Hall–Kier alpha value is -3.87. The molecule has 7 nitrogen and oxygen atoms in total. The van der Waals surface area contributed by atoms with E-state index in [1.54, 1.807) is 13.3 Å². The van der Waals surface area contributed by atoms with Gasteiger partial charge in [0.15, 0.2) is 5.82 Å². The minimum absolute atomic E-state index is 0.134. The van der Waals surface area contributed by atoms with Crippen LogP contribution in [0.5, 0.6) is 5.75 Å². The number of pyridine rings is 1. The molecular weight excluding hydrogens is 364 g/mol. The lowest BCUT2D eigenvalue weighted by Crippen LogP contribution is -2.06. The summed E-state index contributed by atoms with van der Waals surface area (Å²) in [6.45, 7) is 2.12. The summed E-state index contributed by atoms with van der Waals surface area (Å²) in [5.74, 6) is 1.48. The standard InChI is InChI=1S/C22H20N6O/c1-14(15-6-4-3-5-7-15)28-13-16(11-24-28)25-22-21-19(12-23-27-21)18-10-17(29-2)8-9-20(18)26-22/h3-14H,1-2H3,(H,23,27)(H,25,26). The van der Waals surface area contributed by atoms with E-state index in [1.807, 2.05) is 53.5 Å². The van der Waals surface area contributed by atoms with E-state index in [4.69, 9.17) is 9.72 Å². The number of nitrogens with one attached hydrogen (secondary N) is 2. The van der Waals surface area contributed by atoms with Gasteiger partial charge in [-0.3, -0.25) is 9.78 Å². The molecule has 1 unspecified atom stereocenters. The molecule has 2 aromatic carbocycles. The molecule has 5 aromatic rings. The van der Waals surface area contributed by atoms with Crippen LogP contribution < -0.4 is 10.1 Å². The van der Waals surface area contributed by atoms with Crippen molar-refractivity contribution in [3.8, 4) is 5.75 Å². The molecule has 0 amide bonds. The highest BCUT2D eigenvalue weighted by molar-refractivity contribution is 6.09. The quantitative estimate of drug-likeness (QED) is 0.460. The van der Waals surface area contributed by atoms with Crippen molar-refractivity contribution in [1.29, 1.82) is 0 Å². The highest BCUT2D eigenvalue weighted by Crippen LogP contribution is 2.31. The maximum absolute atomic E-state index is 5.35. The lowest BCUT2D eigenvalue weighted by atomic mass is 10.1. The van der Waals surface area contributed by atoms with Crippen LogP contribution in [0.2, 0.25) is 0 Å². The summed E-state index contributed by atoms with van der Waals surface area (Å²) in [4.78, 5) is 4.77. The molecule has 144 valence electrons. The van der Waals surface area contributed by atoms with Crippen LogP contribution >= 0.6 is 0 Å². The number of hydrogen-bond acceptors (Lipinski definition) is 5. The molecule has 0 aliphatic heterocycles. The van der Waals surface area contributed by atoms with E-state index < -0.39 is 0 Å². The predicted octanol–water partition coefficient (Wildman–Crippen LogP) is 4.67. The summed E-state index contributed by atoms with van der Waals surface area (Å²) in [5.41, 5.74) is 3.70. The maximum atomic E-state index is 5.35. The van der Waals surface area contributed by atoms with Gasteiger partial charge in [0.25, 0.3) is 0 Å². The minimum Gasteiger partial charge on any atom is -0.497 e. The zero-order chi connectivity index (χ0) is 19.8. The Morgan fingerprint density at radius 2 is 1.97 bits per heavy atom. The summed E-state index contributed by atoms with van der Waals surface area (Å²) in [6.07, 6.45) is 5.67. The van der Waals surface area contributed by atoms with Crippen molar-refractivity contribution in [1.82, 2.24) is 25.0 Å². The van der Waals surface area contributed by atoms with E-state index in [0.717, 1.165) is 33.2 Å². The van der Waals surface area contributed by atoms with Crippen molar-refractivity contribution >= 4 is 33.3 Å². The Morgan fingerprint density at radius 3 is 2.79 bits per heavy atom. The Morgan fingerprint density at radius 1 is 1.10 bits per heavy atom. The van der Waals surface area contributed by atoms with Gasteiger partial charge in [0.2, 0.25) is 0 Å². The number of aromatic nitrogens is 5. The first-order valence-electron chi connectivity index (χ1n) is 9.40. The second kappa shape index (κ2) is 6.94. The Balaban J connectivity index is 1.51. The van der Waals surface area contributed by atoms with Crippen molar-refractivity contribution in [2.45, 2.75) is 13.0 Å². The second-order valence-corrected chi connectivity index (χ2v) is 6.91. The van der Waals surface area contributed by atoms with Crippen LogP contribution in [0.3, 0.4) is 0 Å². The molecule has 0 saturated heterocycles. The van der Waals surface area contributed by atoms with Crippen molar-refractivity contribution in [3.05, 3.63) is 72.7 Å². The van der Waals surface area contributed by atoms with Crippen LogP contribution in [-0.4, -0.2) is 32.1 Å². The molecule has 1 atom stereocenters. The molecule has 5 rings (SSSR count). The monoisotopic (exact) mass is 384 g/mol. The molecule has 0 aliphatic rings. The molecule has 0 saturated carbocycles. The average molecular weight is 384 g/mol. The van der Waals surface area contributed by atoms with Gasteiger partial charge in [0.05, 0.1) is 30.6 Å². The summed E-state index contributed by atoms with van der Waals surface area (Å²) < 4.78 is 7.29. The molecule has 0 radical (unpaired) electrons. The lowest BCUT2D eigenvalue weighted by molar-refractivity contribution is 0.415. The zero-order valence-electron chi connectivity index (χ0n) is 16.1. The largest absolute Gasteiger partial charge is 0.497 e. The molecule has 2 N–H and O–H groups in total. The minimum atomic E-state index is 0.134. The number of aromatic amines is 1. The highest BCUT2D eigenvalue weighted by atomic mass is 16.5. The molecule has 0 bridgehead atoms. The predicted molar refractivity (Wildman–Crippen MR) is 114 cm³/mol. The van der Waals surface area contributed by atoms with Gasteiger partial charge < -0.3 is 10.1 Å². The van der Waals surface area contributed by atoms with E-state index in [1.165, 1.54) is 5.56 Å². The fraction of sp³-hybridized carbons (Fsp3) is 0.136. The van der Waals surface area contributed by atoms with Gasteiger partial charge in [-0.25, -0.2) is 4.98 Å². The normalized spacial score (nSPS) is 12.3. The maximum Gasteiger partial charge on any atom is 0.159 e. The molecule has 3 heterocycles. The fourth-order valence-electron chi connectivity index (χ4n) is 3.53. The van der Waals surface area contributed by atoms with Gasteiger partial charge in [-0.1, -0.05) is 30.3 Å². The number of fused-ring (bicyclic) bond motifs is 3. The molecule has 0 spiro atoms. The number of ether oxygens (including phenoxy) is 1. The molecule has 29 heavy (non-hydrogen) atoms. The third-order valence-corrected chi connectivity index (χ3v) is 5.13.